The third-order valence-corrected chi connectivity index (χ3v) is 4.13. The van der Waals surface area contributed by atoms with Gasteiger partial charge in [-0.15, -0.1) is 0 Å². The zero-order chi connectivity index (χ0) is 16.1. The maximum Gasteiger partial charge on any atom is 0.402 e. The Balaban J connectivity index is 2.92. The Morgan fingerprint density at radius 2 is 1.81 bits per heavy atom. The molecule has 0 unspecified atom stereocenters. The van der Waals surface area contributed by atoms with E-state index in [1.54, 1.807) is 0 Å². The number of hydrogen-bond donors (Lipinski definition) is 1. The molecule has 0 amide bonds. The van der Waals surface area contributed by atoms with E-state index in [0.29, 0.717) is 16.0 Å². The van der Waals surface area contributed by atoms with Crippen molar-refractivity contribution < 1.29 is 26.7 Å². The van der Waals surface area contributed by atoms with E-state index < -0.39 is 35.9 Å². The molecule has 0 aliphatic rings. The minimum absolute atomic E-state index is 0.166. The van der Waals surface area contributed by atoms with Crippen LogP contribution in [0.1, 0.15) is 5.56 Å². The summed E-state index contributed by atoms with van der Waals surface area (Å²) in [6.45, 7) is -2.99. The fraction of sp³-hybridized carbons (Fsp3) is 0.333. The Kier molecular flexibility index (Phi) is 6.21. The highest BCUT2D eigenvalue weighted by molar-refractivity contribution is 7.92. The van der Waals surface area contributed by atoms with Crippen LogP contribution in [0.15, 0.2) is 29.7 Å². The maximum absolute atomic E-state index is 12.3. The van der Waals surface area contributed by atoms with Gasteiger partial charge in [-0.3, -0.25) is 0 Å². The summed E-state index contributed by atoms with van der Waals surface area (Å²) >= 11 is 5.66. The lowest BCUT2D eigenvalue weighted by Gasteiger charge is -2.20. The fourth-order valence-electron chi connectivity index (χ4n) is 1.43. The number of sulfonamides is 1. The lowest BCUT2D eigenvalue weighted by Crippen LogP contribution is -2.39. The summed E-state index contributed by atoms with van der Waals surface area (Å²) in [5.41, 5.74) is 0.471. The molecule has 1 N–H and O–H groups in total. The molecule has 0 saturated heterocycles. The number of rotatable bonds is 6. The van der Waals surface area contributed by atoms with E-state index in [0.717, 1.165) is 6.08 Å². The summed E-state index contributed by atoms with van der Waals surface area (Å²) in [5.74, 6) is 0. The lowest BCUT2D eigenvalue weighted by atomic mass is 10.2. The molecular weight excluding hydrogens is 331 g/mol. The van der Waals surface area contributed by atoms with Crippen LogP contribution in [0, 0.1) is 0 Å². The predicted octanol–water partition coefficient (Wildman–Crippen LogP) is 2.50. The van der Waals surface area contributed by atoms with Gasteiger partial charge in [0.1, 0.15) is 6.54 Å². The molecule has 0 aromatic heterocycles. The van der Waals surface area contributed by atoms with E-state index >= 15 is 0 Å². The van der Waals surface area contributed by atoms with Gasteiger partial charge in [-0.2, -0.15) is 17.5 Å². The van der Waals surface area contributed by atoms with Crippen molar-refractivity contribution in [1.82, 2.24) is 4.31 Å². The zero-order valence-corrected chi connectivity index (χ0v) is 12.3. The second-order valence-electron chi connectivity index (χ2n) is 4.07. The summed E-state index contributed by atoms with van der Waals surface area (Å²) in [6, 6.07) is 6.09. The summed E-state index contributed by atoms with van der Waals surface area (Å²) < 4.78 is 60.9. The van der Waals surface area contributed by atoms with E-state index in [9.17, 15) is 21.6 Å². The van der Waals surface area contributed by atoms with Gasteiger partial charge in [0.2, 0.25) is 10.0 Å². The number of hydrogen-bond acceptors (Lipinski definition) is 3. The Morgan fingerprint density at radius 1 is 1.24 bits per heavy atom. The summed E-state index contributed by atoms with van der Waals surface area (Å²) in [5, 5.41) is 9.82. The van der Waals surface area contributed by atoms with Crippen LogP contribution in [-0.2, 0) is 10.0 Å². The second-order valence-corrected chi connectivity index (χ2v) is 6.33. The number of halogens is 4. The molecule has 9 heteroatoms. The van der Waals surface area contributed by atoms with Gasteiger partial charge in [-0.05, 0) is 23.8 Å². The molecule has 0 saturated carbocycles. The number of aliphatic hydroxyl groups excluding tert-OH is 1. The highest BCUT2D eigenvalue weighted by Crippen LogP contribution is 2.19. The number of aliphatic hydroxyl groups is 1. The van der Waals surface area contributed by atoms with Crippen LogP contribution in [0.5, 0.6) is 0 Å². The molecule has 1 rings (SSSR count). The molecule has 1 aromatic carbocycles. The Hall–Kier alpha value is -1.09. The minimum Gasteiger partial charge on any atom is -0.395 e. The van der Waals surface area contributed by atoms with Gasteiger partial charge >= 0.3 is 6.18 Å². The standard InChI is InChI=1S/C12H13ClF3NO3S/c13-11-3-1-10(2-4-11)5-8-21(19,20)17(6-7-18)9-12(14,15)16/h1-5,8,18H,6-7,9H2/b8-5+. The van der Waals surface area contributed by atoms with Gasteiger partial charge < -0.3 is 5.11 Å². The molecule has 118 valence electrons. The van der Waals surface area contributed by atoms with Gasteiger partial charge in [0.15, 0.2) is 0 Å². The Labute approximate surface area is 125 Å². The molecule has 0 heterocycles. The lowest BCUT2D eigenvalue weighted by molar-refractivity contribution is -0.136. The first-order valence-corrected chi connectivity index (χ1v) is 7.63. The molecule has 1 aromatic rings. The van der Waals surface area contributed by atoms with Crippen LogP contribution >= 0.6 is 11.6 Å². The molecule has 21 heavy (non-hydrogen) atoms. The third kappa shape index (κ3) is 6.47. The first-order chi connectivity index (χ1) is 9.64. The van der Waals surface area contributed by atoms with Crippen molar-refractivity contribution in [1.29, 1.82) is 0 Å². The van der Waals surface area contributed by atoms with Crippen LogP contribution in [0.25, 0.3) is 6.08 Å². The molecule has 0 aliphatic carbocycles. The highest BCUT2D eigenvalue weighted by atomic mass is 35.5. The molecule has 4 nitrogen and oxygen atoms in total. The van der Waals surface area contributed by atoms with Crippen LogP contribution in [-0.4, -0.2) is 43.7 Å². The number of benzene rings is 1. The third-order valence-electron chi connectivity index (χ3n) is 2.37. The normalized spacial score (nSPS) is 13.2. The van der Waals surface area contributed by atoms with Crippen molar-refractivity contribution in [3.63, 3.8) is 0 Å². The molecule has 0 aliphatic heterocycles. The van der Waals surface area contributed by atoms with Gasteiger partial charge in [0.05, 0.1) is 6.61 Å². The zero-order valence-electron chi connectivity index (χ0n) is 10.7. The first-order valence-electron chi connectivity index (χ1n) is 5.75. The van der Waals surface area contributed by atoms with Crippen LogP contribution < -0.4 is 0 Å². The fourth-order valence-corrected chi connectivity index (χ4v) is 2.72. The molecule has 0 radical (unpaired) electrons. The Bertz CT molecular complexity index is 585. The van der Waals surface area contributed by atoms with Gasteiger partial charge in [-0.1, -0.05) is 23.7 Å². The van der Waals surface area contributed by atoms with Crippen LogP contribution in [0.3, 0.4) is 0 Å². The number of nitrogens with zero attached hydrogens (tertiary/aromatic N) is 1. The van der Waals surface area contributed by atoms with Crippen molar-refractivity contribution in [2.75, 3.05) is 19.7 Å². The molecular formula is C12H13ClF3NO3S. The first kappa shape index (κ1) is 18.0. The number of alkyl halides is 3. The van der Waals surface area contributed by atoms with Crippen molar-refractivity contribution in [2.45, 2.75) is 6.18 Å². The van der Waals surface area contributed by atoms with E-state index in [4.69, 9.17) is 16.7 Å². The predicted molar refractivity (Wildman–Crippen MR) is 74.1 cm³/mol. The molecule has 0 spiro atoms. The molecule has 0 fully saturated rings. The van der Waals surface area contributed by atoms with Crippen LogP contribution in [0.4, 0.5) is 13.2 Å². The summed E-state index contributed by atoms with van der Waals surface area (Å²) in [4.78, 5) is 0. The van der Waals surface area contributed by atoms with E-state index in [-0.39, 0.29) is 4.31 Å². The monoisotopic (exact) mass is 343 g/mol. The Morgan fingerprint density at radius 3 is 2.29 bits per heavy atom. The van der Waals surface area contributed by atoms with E-state index in [1.165, 1.54) is 24.3 Å². The molecule has 0 bridgehead atoms. The maximum atomic E-state index is 12.3. The minimum atomic E-state index is -4.68. The SMILES string of the molecule is O=S(=O)(/C=C/c1ccc(Cl)cc1)N(CCO)CC(F)(F)F. The second kappa shape index (κ2) is 7.26. The van der Waals surface area contributed by atoms with Gasteiger partial charge in [-0.25, -0.2) is 8.42 Å². The highest BCUT2D eigenvalue weighted by Gasteiger charge is 2.35. The van der Waals surface area contributed by atoms with Gasteiger partial charge in [0, 0.05) is 17.0 Å². The smallest absolute Gasteiger partial charge is 0.395 e. The average molecular weight is 344 g/mol. The molecule has 0 atom stereocenters. The van der Waals surface area contributed by atoms with Gasteiger partial charge in [0.25, 0.3) is 0 Å². The largest absolute Gasteiger partial charge is 0.402 e. The van der Waals surface area contributed by atoms with Crippen LogP contribution in [0.2, 0.25) is 5.02 Å². The van der Waals surface area contributed by atoms with E-state index in [2.05, 4.69) is 0 Å². The van der Waals surface area contributed by atoms with Crippen molar-refractivity contribution >= 4 is 27.7 Å². The summed E-state index contributed by atoms with van der Waals surface area (Å²) in [7, 11) is -4.29. The van der Waals surface area contributed by atoms with Crippen molar-refractivity contribution in [3.05, 3.63) is 40.3 Å². The quantitative estimate of drug-likeness (QED) is 0.863. The topological polar surface area (TPSA) is 57.6 Å². The average Bonchev–Trinajstić information content (AvgIpc) is 2.36. The summed E-state index contributed by atoms with van der Waals surface area (Å²) in [6.07, 6.45) is -3.53. The van der Waals surface area contributed by atoms with E-state index in [1.807, 2.05) is 0 Å². The van der Waals surface area contributed by atoms with Crippen molar-refractivity contribution in [2.24, 2.45) is 0 Å². The van der Waals surface area contributed by atoms with Crippen molar-refractivity contribution in [3.8, 4) is 0 Å².